The second-order valence-corrected chi connectivity index (χ2v) is 24.5. The lowest BCUT2D eigenvalue weighted by Crippen LogP contribution is -2.49. The third-order valence-corrected chi connectivity index (χ3v) is 19.6. The number of furan rings is 1. The van der Waals surface area contributed by atoms with Gasteiger partial charge in [0.25, 0.3) is 0 Å². The van der Waals surface area contributed by atoms with E-state index in [0.717, 1.165) is 27.5 Å². The predicted molar refractivity (Wildman–Crippen MR) is 311 cm³/mol. The summed E-state index contributed by atoms with van der Waals surface area (Å²) in [5, 5.41) is 17.8. The average molecular weight is 931 g/mol. The van der Waals surface area contributed by atoms with Crippen LogP contribution in [0.15, 0.2) is 247 Å². The summed E-state index contributed by atoms with van der Waals surface area (Å²) in [5.41, 5.74) is 16.8. The summed E-state index contributed by atoms with van der Waals surface area (Å²) in [6.07, 6.45) is 0. The van der Waals surface area contributed by atoms with E-state index in [-0.39, 0.29) is 0 Å². The van der Waals surface area contributed by atoms with Gasteiger partial charge < -0.3 is 4.42 Å². The fourth-order valence-electron chi connectivity index (χ4n) is 12.8. The molecular formula is C70H46OSi. The van der Waals surface area contributed by atoms with Crippen molar-refractivity contribution in [2.45, 2.75) is 13.1 Å². The SMILES string of the molecule is C[Si]1(C)c2ccccc2-c2cc(-c3cccc(-c4ccc5oc6ccccc6c5c4)c3-c3ccc(-c4c5ccccc5c(-c5cc6ccccc6c6ccccc56)c5ccccc45)c4ccccc34)ccc21. The highest BCUT2D eigenvalue weighted by molar-refractivity contribution is 7.03. The summed E-state index contributed by atoms with van der Waals surface area (Å²) in [6, 6.07) is 90.7. The molecule has 0 spiro atoms. The van der Waals surface area contributed by atoms with Crippen molar-refractivity contribution in [1.82, 2.24) is 0 Å². The Morgan fingerprint density at radius 2 is 0.708 bits per heavy atom. The molecule has 1 aliphatic heterocycles. The van der Waals surface area contributed by atoms with E-state index in [4.69, 9.17) is 4.42 Å². The molecule has 14 aromatic rings. The molecule has 2 heteroatoms. The molecule has 0 saturated heterocycles. The van der Waals surface area contributed by atoms with Crippen LogP contribution in [0.2, 0.25) is 13.1 Å². The second-order valence-electron chi connectivity index (χ2n) is 20.2. The molecule has 0 saturated carbocycles. The molecular weight excluding hydrogens is 885 g/mol. The maximum absolute atomic E-state index is 6.38. The van der Waals surface area contributed by atoms with E-state index in [1.165, 1.54) is 125 Å². The van der Waals surface area contributed by atoms with E-state index >= 15 is 0 Å². The van der Waals surface area contributed by atoms with Crippen LogP contribution >= 0.6 is 0 Å². The van der Waals surface area contributed by atoms with E-state index < -0.39 is 8.07 Å². The van der Waals surface area contributed by atoms with Gasteiger partial charge in [-0.25, -0.2) is 0 Å². The van der Waals surface area contributed by atoms with Crippen molar-refractivity contribution >= 4 is 94.2 Å². The third kappa shape index (κ3) is 5.94. The molecule has 0 bridgehead atoms. The molecule has 0 N–H and O–H groups in total. The lowest BCUT2D eigenvalue weighted by Gasteiger charge is -2.22. The van der Waals surface area contributed by atoms with Gasteiger partial charge in [-0.3, -0.25) is 0 Å². The van der Waals surface area contributed by atoms with Gasteiger partial charge in [0.05, 0.1) is 0 Å². The van der Waals surface area contributed by atoms with Crippen LogP contribution in [-0.2, 0) is 0 Å². The zero-order chi connectivity index (χ0) is 47.7. The maximum atomic E-state index is 6.38. The summed E-state index contributed by atoms with van der Waals surface area (Å²) >= 11 is 0. The quantitative estimate of drug-likeness (QED) is 0.0952. The average Bonchev–Trinajstić information content (AvgIpc) is 3.92. The van der Waals surface area contributed by atoms with Gasteiger partial charge in [0.2, 0.25) is 0 Å². The zero-order valence-electron chi connectivity index (χ0n) is 40.0. The fourth-order valence-corrected chi connectivity index (χ4v) is 15.9. The Labute approximate surface area is 418 Å². The molecule has 0 aliphatic carbocycles. The van der Waals surface area contributed by atoms with Crippen molar-refractivity contribution in [1.29, 1.82) is 0 Å². The van der Waals surface area contributed by atoms with E-state index in [2.05, 4.69) is 250 Å². The Hall–Kier alpha value is -8.82. The number of fused-ring (bicyclic) bond motifs is 12. The van der Waals surface area contributed by atoms with Crippen molar-refractivity contribution in [3.05, 3.63) is 243 Å². The van der Waals surface area contributed by atoms with Gasteiger partial charge in [-0.05, 0) is 161 Å². The van der Waals surface area contributed by atoms with E-state index in [1.807, 2.05) is 6.07 Å². The smallest absolute Gasteiger partial charge is 0.135 e. The minimum absolute atomic E-state index is 0.899. The summed E-state index contributed by atoms with van der Waals surface area (Å²) in [7, 11) is -1.86. The number of rotatable bonds is 5. The van der Waals surface area contributed by atoms with Gasteiger partial charge in [0.1, 0.15) is 19.2 Å². The second kappa shape index (κ2) is 15.6. The number of para-hydroxylation sites is 1. The molecule has 0 unspecified atom stereocenters. The van der Waals surface area contributed by atoms with Gasteiger partial charge in [-0.2, -0.15) is 0 Å². The van der Waals surface area contributed by atoms with Crippen molar-refractivity contribution < 1.29 is 4.42 Å². The summed E-state index contributed by atoms with van der Waals surface area (Å²) in [6.45, 7) is 5.00. The Kier molecular flexibility index (Phi) is 8.88. The van der Waals surface area contributed by atoms with Crippen LogP contribution in [0.4, 0.5) is 0 Å². The van der Waals surface area contributed by atoms with E-state index in [1.54, 1.807) is 0 Å². The Balaban J connectivity index is 1.000. The fraction of sp³-hybridized carbons (Fsp3) is 0.0286. The molecule has 336 valence electrons. The molecule has 0 fully saturated rings. The Bertz CT molecular complexity index is 4550. The molecule has 1 aliphatic rings. The Morgan fingerprint density at radius 1 is 0.250 bits per heavy atom. The standard InChI is InChI=1S/C70H46OSi/c1-72(2)66-33-16-14-25-54(66)62-41-45(35-39-67(62)72)48-31-17-30-47(44-34-38-65-61(40-44)53-24-13-15-32-64(53)71-65)68(48)59-36-37-60(51-22-7-6-21-50(51)59)69-55-26-9-11-28-57(55)70(58-29-12-10-27-56(58)69)63-42-43-18-3-4-19-46(43)49-20-5-8-23-52(49)63/h3-42H,1-2H3. The van der Waals surface area contributed by atoms with Crippen LogP contribution in [0.3, 0.4) is 0 Å². The normalized spacial score (nSPS) is 13.0. The minimum atomic E-state index is -1.86. The van der Waals surface area contributed by atoms with Crippen LogP contribution in [0.1, 0.15) is 0 Å². The summed E-state index contributed by atoms with van der Waals surface area (Å²) in [5.74, 6) is 0. The first kappa shape index (κ1) is 41.0. The first-order valence-corrected chi connectivity index (χ1v) is 28.2. The van der Waals surface area contributed by atoms with Crippen molar-refractivity contribution in [2.24, 2.45) is 0 Å². The molecule has 15 rings (SSSR count). The summed E-state index contributed by atoms with van der Waals surface area (Å²) < 4.78 is 6.38. The molecule has 72 heavy (non-hydrogen) atoms. The van der Waals surface area contributed by atoms with Gasteiger partial charge in [0.15, 0.2) is 0 Å². The molecule has 1 nitrogen and oxygen atoms in total. The molecule has 2 heterocycles. The highest BCUT2D eigenvalue weighted by Gasteiger charge is 2.37. The highest BCUT2D eigenvalue weighted by atomic mass is 28.3. The predicted octanol–water partition coefficient (Wildman–Crippen LogP) is 18.5. The van der Waals surface area contributed by atoms with Crippen LogP contribution in [0.25, 0.3) is 143 Å². The molecule has 0 amide bonds. The number of hydrogen-bond acceptors (Lipinski definition) is 1. The van der Waals surface area contributed by atoms with Crippen LogP contribution in [0, 0.1) is 0 Å². The zero-order valence-corrected chi connectivity index (χ0v) is 41.0. The molecule has 13 aromatic carbocycles. The van der Waals surface area contributed by atoms with Crippen LogP contribution < -0.4 is 10.4 Å². The van der Waals surface area contributed by atoms with Gasteiger partial charge >= 0.3 is 0 Å². The highest BCUT2D eigenvalue weighted by Crippen LogP contribution is 2.51. The van der Waals surface area contributed by atoms with Crippen molar-refractivity contribution in [2.75, 3.05) is 0 Å². The van der Waals surface area contributed by atoms with Gasteiger partial charge in [-0.1, -0.05) is 225 Å². The van der Waals surface area contributed by atoms with Crippen molar-refractivity contribution in [3.63, 3.8) is 0 Å². The molecule has 0 atom stereocenters. The van der Waals surface area contributed by atoms with E-state index in [9.17, 15) is 0 Å². The maximum Gasteiger partial charge on any atom is 0.135 e. The lowest BCUT2D eigenvalue weighted by molar-refractivity contribution is 0.669. The number of benzene rings is 13. The first-order valence-electron chi connectivity index (χ1n) is 25.2. The topological polar surface area (TPSA) is 13.1 Å². The van der Waals surface area contributed by atoms with Gasteiger partial charge in [-0.15, -0.1) is 0 Å². The summed E-state index contributed by atoms with van der Waals surface area (Å²) in [4.78, 5) is 0. The molecule has 0 radical (unpaired) electrons. The van der Waals surface area contributed by atoms with Crippen LogP contribution in [-0.4, -0.2) is 8.07 Å². The lowest BCUT2D eigenvalue weighted by atomic mass is 9.81. The third-order valence-electron chi connectivity index (χ3n) is 16.1. The largest absolute Gasteiger partial charge is 0.456 e. The first-order chi connectivity index (χ1) is 35.5. The minimum Gasteiger partial charge on any atom is -0.456 e. The van der Waals surface area contributed by atoms with Crippen LogP contribution in [0.5, 0.6) is 0 Å². The van der Waals surface area contributed by atoms with Crippen molar-refractivity contribution in [3.8, 4) is 66.8 Å². The van der Waals surface area contributed by atoms with E-state index in [0.29, 0.717) is 0 Å². The van der Waals surface area contributed by atoms with Gasteiger partial charge in [0, 0.05) is 10.8 Å². The molecule has 1 aromatic heterocycles. The number of hydrogen-bond donors (Lipinski definition) is 0. The monoisotopic (exact) mass is 930 g/mol. The Morgan fingerprint density at radius 3 is 1.39 bits per heavy atom.